The van der Waals surface area contributed by atoms with Crippen LogP contribution in [0.3, 0.4) is 0 Å². The average molecular weight is 380 g/mol. The first-order valence-corrected chi connectivity index (χ1v) is 9.70. The Hall–Kier alpha value is -2.86. The van der Waals surface area contributed by atoms with Crippen molar-refractivity contribution in [2.45, 2.75) is 33.4 Å². The van der Waals surface area contributed by atoms with Crippen molar-refractivity contribution in [1.29, 1.82) is 0 Å². The van der Waals surface area contributed by atoms with E-state index in [1.54, 1.807) is 11.3 Å². The van der Waals surface area contributed by atoms with Gasteiger partial charge in [-0.1, -0.05) is 18.2 Å². The Kier molecular flexibility index (Phi) is 4.58. The molecule has 3 aromatic heterocycles. The number of aromatic nitrogens is 2. The number of fused-ring (bicyclic) bond motifs is 1. The summed E-state index contributed by atoms with van der Waals surface area (Å²) in [4.78, 5) is 18.3. The third-order valence-electron chi connectivity index (χ3n) is 4.28. The molecule has 0 spiro atoms. The normalized spacial score (nSPS) is 11.4. The van der Waals surface area contributed by atoms with Crippen molar-refractivity contribution in [2.75, 3.05) is 0 Å². The maximum atomic E-state index is 12.6. The molecule has 27 heavy (non-hydrogen) atoms. The van der Waals surface area contributed by atoms with E-state index in [9.17, 15) is 4.79 Å². The van der Waals surface area contributed by atoms with Gasteiger partial charge in [-0.05, 0) is 50.4 Å². The van der Waals surface area contributed by atoms with Crippen molar-refractivity contribution in [3.63, 3.8) is 0 Å². The number of hydrogen-bond acceptors (Lipinski definition) is 5. The topological polar surface area (TPSA) is 57.3 Å². The number of rotatable bonds is 5. The first-order valence-electron chi connectivity index (χ1n) is 8.82. The molecule has 138 valence electrons. The van der Waals surface area contributed by atoms with Crippen molar-refractivity contribution in [3.8, 4) is 11.5 Å². The van der Waals surface area contributed by atoms with Crippen LogP contribution in [0.25, 0.3) is 21.7 Å². The molecule has 0 aliphatic rings. The van der Waals surface area contributed by atoms with Gasteiger partial charge in [0.15, 0.2) is 0 Å². The number of aryl methyl sites for hydroxylation is 1. The van der Waals surface area contributed by atoms with Gasteiger partial charge in [0.1, 0.15) is 22.0 Å². The maximum absolute atomic E-state index is 12.6. The van der Waals surface area contributed by atoms with Crippen LogP contribution in [0.1, 0.15) is 35.8 Å². The summed E-state index contributed by atoms with van der Waals surface area (Å²) >= 11 is 1.60. The van der Waals surface area contributed by atoms with Gasteiger partial charge in [-0.3, -0.25) is 0 Å². The second kappa shape index (κ2) is 7.04. The van der Waals surface area contributed by atoms with Crippen LogP contribution in [0.15, 0.2) is 52.3 Å². The maximum Gasteiger partial charge on any atom is 0.355 e. The fraction of sp³-hybridized carbons (Fsp3) is 0.238. The molecule has 3 heterocycles. The zero-order valence-electron chi connectivity index (χ0n) is 15.4. The number of thiophene rings is 1. The molecule has 5 nitrogen and oxygen atoms in total. The minimum atomic E-state index is -0.321. The molecular weight excluding hydrogens is 360 g/mol. The predicted octanol–water partition coefficient (Wildman–Crippen LogP) is 5.28. The van der Waals surface area contributed by atoms with E-state index in [4.69, 9.17) is 9.15 Å². The van der Waals surface area contributed by atoms with Crippen LogP contribution in [-0.4, -0.2) is 21.6 Å². The van der Waals surface area contributed by atoms with Crippen LogP contribution < -0.4 is 0 Å². The monoisotopic (exact) mass is 380 g/mol. The van der Waals surface area contributed by atoms with E-state index in [1.165, 1.54) is 0 Å². The van der Waals surface area contributed by atoms with Gasteiger partial charge >= 0.3 is 5.97 Å². The second-order valence-electron chi connectivity index (χ2n) is 6.64. The van der Waals surface area contributed by atoms with Crippen molar-refractivity contribution >= 4 is 27.5 Å². The van der Waals surface area contributed by atoms with Crippen molar-refractivity contribution < 1.29 is 13.9 Å². The lowest BCUT2D eigenvalue weighted by Crippen LogP contribution is -2.16. The summed E-state index contributed by atoms with van der Waals surface area (Å²) in [6.45, 7) is 6.05. The molecule has 0 bridgehead atoms. The number of esters is 1. The summed E-state index contributed by atoms with van der Waals surface area (Å²) in [5.41, 5.74) is 2.27. The van der Waals surface area contributed by atoms with Crippen molar-refractivity contribution in [2.24, 2.45) is 0 Å². The van der Waals surface area contributed by atoms with E-state index in [1.807, 2.05) is 73.2 Å². The number of carbonyl (C=O) groups is 1. The highest BCUT2D eigenvalue weighted by molar-refractivity contribution is 7.16. The predicted molar refractivity (Wildman–Crippen MR) is 106 cm³/mol. The molecular formula is C21H20N2O3S. The van der Waals surface area contributed by atoms with E-state index in [-0.39, 0.29) is 12.1 Å². The van der Waals surface area contributed by atoms with Crippen molar-refractivity contribution in [1.82, 2.24) is 9.55 Å². The van der Waals surface area contributed by atoms with Gasteiger partial charge in [-0.2, -0.15) is 0 Å². The highest BCUT2D eigenvalue weighted by Gasteiger charge is 2.21. The Labute approximate surface area is 161 Å². The Morgan fingerprint density at radius 3 is 2.78 bits per heavy atom. The summed E-state index contributed by atoms with van der Waals surface area (Å²) < 4.78 is 13.3. The van der Waals surface area contributed by atoms with Gasteiger partial charge < -0.3 is 13.7 Å². The van der Waals surface area contributed by atoms with Crippen molar-refractivity contribution in [3.05, 3.63) is 65.0 Å². The molecule has 0 saturated heterocycles. The molecule has 0 N–H and O–H groups in total. The van der Waals surface area contributed by atoms with E-state index in [2.05, 4.69) is 4.98 Å². The van der Waals surface area contributed by atoms with Crippen LogP contribution in [0.4, 0.5) is 0 Å². The van der Waals surface area contributed by atoms with Gasteiger partial charge in [0.2, 0.25) is 5.89 Å². The van der Waals surface area contributed by atoms with E-state index < -0.39 is 0 Å². The quantitative estimate of drug-likeness (QED) is 0.442. The highest BCUT2D eigenvalue weighted by atomic mass is 32.1. The lowest BCUT2D eigenvalue weighted by Gasteiger charge is -2.11. The van der Waals surface area contributed by atoms with E-state index >= 15 is 0 Å². The molecule has 4 aromatic rings. The SMILES string of the molecule is Cc1oc(-c2ccccc2)nc1Cn1c(C(=O)OC(C)C)cc2ccsc21. The van der Waals surface area contributed by atoms with Gasteiger partial charge in [0.05, 0.1) is 12.6 Å². The number of ether oxygens (including phenoxy) is 1. The largest absolute Gasteiger partial charge is 0.458 e. The zero-order chi connectivity index (χ0) is 19.0. The molecule has 4 rings (SSSR count). The standard InChI is InChI=1S/C21H20N2O3S/c1-13(2)25-21(24)18-11-16-9-10-27-20(16)23(18)12-17-14(3)26-19(22-17)15-7-5-4-6-8-15/h4-11,13H,12H2,1-3H3. The fourth-order valence-corrected chi connectivity index (χ4v) is 3.90. The molecule has 1 aromatic carbocycles. The van der Waals surface area contributed by atoms with Crippen LogP contribution in [0, 0.1) is 6.92 Å². The average Bonchev–Trinajstić information content (AvgIpc) is 3.32. The first kappa shape index (κ1) is 17.5. The number of benzene rings is 1. The number of carbonyl (C=O) groups excluding carboxylic acids is 1. The molecule has 0 unspecified atom stereocenters. The van der Waals surface area contributed by atoms with Crippen LogP contribution in [0.2, 0.25) is 0 Å². The van der Waals surface area contributed by atoms with Gasteiger partial charge in [-0.15, -0.1) is 11.3 Å². The lowest BCUT2D eigenvalue weighted by atomic mass is 10.2. The number of oxazole rings is 1. The number of nitrogens with zero attached hydrogens (tertiary/aromatic N) is 2. The van der Waals surface area contributed by atoms with Crippen LogP contribution in [0.5, 0.6) is 0 Å². The summed E-state index contributed by atoms with van der Waals surface area (Å²) in [7, 11) is 0. The Morgan fingerprint density at radius 2 is 2.04 bits per heavy atom. The summed E-state index contributed by atoms with van der Waals surface area (Å²) in [5, 5.41) is 3.05. The second-order valence-corrected chi connectivity index (χ2v) is 7.53. The molecule has 0 fully saturated rings. The minimum absolute atomic E-state index is 0.169. The third-order valence-corrected chi connectivity index (χ3v) is 5.23. The third kappa shape index (κ3) is 3.40. The summed E-state index contributed by atoms with van der Waals surface area (Å²) in [6, 6.07) is 13.7. The minimum Gasteiger partial charge on any atom is -0.458 e. The Balaban J connectivity index is 1.72. The molecule has 0 amide bonds. The van der Waals surface area contributed by atoms with E-state index in [0.717, 1.165) is 27.2 Å². The van der Waals surface area contributed by atoms with Crippen LogP contribution >= 0.6 is 11.3 Å². The Morgan fingerprint density at radius 1 is 1.26 bits per heavy atom. The fourth-order valence-electron chi connectivity index (χ4n) is 3.00. The molecule has 6 heteroatoms. The highest BCUT2D eigenvalue weighted by Crippen LogP contribution is 2.29. The number of hydrogen-bond donors (Lipinski definition) is 0. The lowest BCUT2D eigenvalue weighted by molar-refractivity contribution is 0.0366. The van der Waals surface area contributed by atoms with Crippen LogP contribution in [-0.2, 0) is 11.3 Å². The van der Waals surface area contributed by atoms with Gasteiger partial charge in [-0.25, -0.2) is 9.78 Å². The molecule has 0 aliphatic carbocycles. The van der Waals surface area contributed by atoms with Gasteiger partial charge in [0, 0.05) is 10.9 Å². The van der Waals surface area contributed by atoms with E-state index in [0.29, 0.717) is 18.1 Å². The summed E-state index contributed by atoms with van der Waals surface area (Å²) in [5.74, 6) is 1.01. The molecule has 0 saturated carbocycles. The Bertz CT molecular complexity index is 1090. The summed E-state index contributed by atoms with van der Waals surface area (Å²) in [6.07, 6.45) is -0.169. The first-order chi connectivity index (χ1) is 13.0. The molecule has 0 aliphatic heterocycles. The zero-order valence-corrected chi connectivity index (χ0v) is 16.2. The van der Waals surface area contributed by atoms with Gasteiger partial charge in [0.25, 0.3) is 0 Å². The smallest absolute Gasteiger partial charge is 0.355 e. The molecule has 0 atom stereocenters. The molecule has 0 radical (unpaired) electrons.